The van der Waals surface area contributed by atoms with E-state index >= 15 is 0 Å². The van der Waals surface area contributed by atoms with Crippen LogP contribution in [0.4, 0.5) is 34.1 Å². The molecule has 0 aliphatic heterocycles. The van der Waals surface area contributed by atoms with Crippen molar-refractivity contribution in [3.63, 3.8) is 0 Å². The second-order valence-electron chi connectivity index (χ2n) is 26.8. The smallest absolute Gasteiger partial charge is 0.376 e. The minimum absolute atomic E-state index is 0.147. The van der Waals surface area contributed by atoms with E-state index in [0.29, 0.717) is 65.3 Å². The molecule has 0 radical (unpaired) electrons. The van der Waals surface area contributed by atoms with Crippen LogP contribution in [0.2, 0.25) is 0 Å². The Morgan fingerprint density at radius 1 is 0.383 bits per heavy atom. The summed E-state index contributed by atoms with van der Waals surface area (Å²) >= 11 is 0. The standard InChI is InChI=1S/C41H46N4O10.C38H48N4O10/c1-25(2)23-53-36-21-29(39(49)52-7)15-17-31(36)44-38(48)28-13-16-30(35(20-28)54-24-26-11-9-8-10-12-26)43-37(47)27-14-18-32(34(19-27)51-6)45-42-22-33(46)40(50)55-41(3,4)5;1-10-23(4)51-33-18-25(35(45)40-27-15-13-26(36(46)49-9)19-32(27)50-21-22(2)3)11-14-28(33)41-34(44)24-12-16-29(31(17-24)48-8)42-39-20-30(43)37(47)52-38(5,6)7/h8-21,25,42,45H,22-24H2,1-7H3,(H,43,47)(H,44,48);11-19,22-23,39,42H,10,20-21H2,1-9H3,(H,40,45)(H,41,44). The van der Waals surface area contributed by atoms with Crippen molar-refractivity contribution >= 4 is 93.2 Å². The maximum Gasteiger partial charge on any atom is 0.376 e. The van der Waals surface area contributed by atoms with Crippen molar-refractivity contribution in [2.45, 2.75) is 113 Å². The minimum atomic E-state index is -0.964. The molecule has 0 aliphatic carbocycles. The van der Waals surface area contributed by atoms with Gasteiger partial charge in [-0.2, -0.15) is 0 Å². The molecule has 1 unspecified atom stereocenters. The molecule has 0 bridgehead atoms. The summed E-state index contributed by atoms with van der Waals surface area (Å²) in [6.07, 6.45) is 0.423. The summed E-state index contributed by atoms with van der Waals surface area (Å²) < 4.78 is 54.8. The molecule has 7 rings (SSSR count). The fourth-order valence-corrected chi connectivity index (χ4v) is 9.18. The number of carbonyl (C=O) groups excluding carboxylic acids is 10. The molecular weight excluding hydrogens is 1380 g/mol. The summed E-state index contributed by atoms with van der Waals surface area (Å²) in [5, 5.41) is 11.4. The highest BCUT2D eigenvalue weighted by Gasteiger charge is 2.26. The molecule has 0 aromatic heterocycles. The number of ketones is 2. The first-order valence-corrected chi connectivity index (χ1v) is 34.2. The molecular formula is C79H94N8O20. The number of rotatable bonds is 34. The molecule has 8 N–H and O–H groups in total. The first kappa shape index (κ1) is 83.9. The normalized spacial score (nSPS) is 11.2. The second kappa shape index (κ2) is 39.7. The van der Waals surface area contributed by atoms with Gasteiger partial charge >= 0.3 is 23.9 Å². The van der Waals surface area contributed by atoms with Crippen LogP contribution in [-0.2, 0) is 44.7 Å². The van der Waals surface area contributed by atoms with Crippen LogP contribution in [0.25, 0.3) is 0 Å². The van der Waals surface area contributed by atoms with Gasteiger partial charge in [-0.3, -0.25) is 28.8 Å². The lowest BCUT2D eigenvalue weighted by molar-refractivity contribution is -0.162. The van der Waals surface area contributed by atoms with Gasteiger partial charge < -0.3 is 79.5 Å². The Hall–Kier alpha value is -12.0. The molecule has 107 heavy (non-hydrogen) atoms. The van der Waals surface area contributed by atoms with E-state index in [1.165, 1.54) is 89.1 Å². The van der Waals surface area contributed by atoms with E-state index in [1.807, 2.05) is 71.9 Å². The number of nitrogens with one attached hydrogen (secondary N) is 8. The van der Waals surface area contributed by atoms with Gasteiger partial charge in [-0.1, -0.05) is 65.0 Å². The molecule has 0 heterocycles. The van der Waals surface area contributed by atoms with E-state index in [0.717, 1.165) is 5.56 Å². The Bertz CT molecular complexity index is 4320. The molecule has 28 heteroatoms. The summed E-state index contributed by atoms with van der Waals surface area (Å²) in [7, 11) is 5.40. The number of carbonyl (C=O) groups is 10. The molecule has 28 nitrogen and oxygen atoms in total. The third kappa shape index (κ3) is 26.6. The van der Waals surface area contributed by atoms with Crippen molar-refractivity contribution in [2.24, 2.45) is 11.8 Å². The highest BCUT2D eigenvalue weighted by Crippen LogP contribution is 2.35. The van der Waals surface area contributed by atoms with Gasteiger partial charge in [0.15, 0.2) is 0 Å². The number of hydrogen-bond acceptors (Lipinski definition) is 24. The lowest BCUT2D eigenvalue weighted by Crippen LogP contribution is -2.36. The van der Waals surface area contributed by atoms with Gasteiger partial charge in [-0.05, 0) is 181 Å². The Balaban J connectivity index is 0.000000336. The number of amides is 4. The number of hydrazine groups is 2. The minimum Gasteiger partial charge on any atom is -0.495 e. The zero-order valence-corrected chi connectivity index (χ0v) is 62.9. The number of anilines is 6. The Kier molecular flexibility index (Phi) is 31.2. The summed E-state index contributed by atoms with van der Waals surface area (Å²) in [6, 6.07) is 37.1. The number of Topliss-reactive ketones (excluding diaryl/α,β-unsaturated/α-hetero) is 2. The maximum absolute atomic E-state index is 13.6. The average Bonchev–Trinajstić information content (AvgIpc) is 0.822. The lowest BCUT2D eigenvalue weighted by atomic mass is 10.1. The predicted molar refractivity (Wildman–Crippen MR) is 403 cm³/mol. The van der Waals surface area contributed by atoms with Gasteiger partial charge in [-0.25, -0.2) is 30.0 Å². The van der Waals surface area contributed by atoms with Crippen LogP contribution in [0.1, 0.15) is 157 Å². The molecule has 0 saturated carbocycles. The zero-order valence-electron chi connectivity index (χ0n) is 62.9. The van der Waals surface area contributed by atoms with E-state index < -0.39 is 70.3 Å². The first-order chi connectivity index (χ1) is 50.7. The molecule has 0 fully saturated rings. The van der Waals surface area contributed by atoms with E-state index in [4.69, 9.17) is 47.4 Å². The van der Waals surface area contributed by atoms with Crippen LogP contribution in [-0.4, -0.2) is 131 Å². The van der Waals surface area contributed by atoms with Gasteiger partial charge in [0.2, 0.25) is 0 Å². The van der Waals surface area contributed by atoms with Crippen molar-refractivity contribution in [2.75, 3.05) is 86.9 Å². The summed E-state index contributed by atoms with van der Waals surface area (Å²) in [5.74, 6) is -4.46. The van der Waals surface area contributed by atoms with E-state index in [1.54, 1.807) is 90.1 Å². The van der Waals surface area contributed by atoms with Gasteiger partial charge in [0.1, 0.15) is 52.3 Å². The Morgan fingerprint density at radius 2 is 0.701 bits per heavy atom. The zero-order chi connectivity index (χ0) is 78.7. The van der Waals surface area contributed by atoms with Crippen LogP contribution in [0, 0.1) is 11.8 Å². The molecule has 4 amide bonds. The second-order valence-corrected chi connectivity index (χ2v) is 26.8. The van der Waals surface area contributed by atoms with Crippen molar-refractivity contribution in [1.82, 2.24) is 10.9 Å². The molecule has 0 spiro atoms. The van der Waals surface area contributed by atoms with Crippen LogP contribution >= 0.6 is 0 Å². The van der Waals surface area contributed by atoms with E-state index in [-0.39, 0.29) is 94.0 Å². The molecule has 7 aromatic carbocycles. The predicted octanol–water partition coefficient (Wildman–Crippen LogP) is 12.5. The average molecular weight is 1480 g/mol. The molecule has 7 aromatic rings. The largest absolute Gasteiger partial charge is 0.495 e. The fourth-order valence-electron chi connectivity index (χ4n) is 9.18. The van der Waals surface area contributed by atoms with Crippen molar-refractivity contribution < 1.29 is 95.3 Å². The molecule has 0 aliphatic rings. The van der Waals surface area contributed by atoms with Gasteiger partial charge in [0, 0.05) is 22.3 Å². The number of esters is 4. The monoisotopic (exact) mass is 1470 g/mol. The van der Waals surface area contributed by atoms with Crippen LogP contribution in [0.5, 0.6) is 34.5 Å². The van der Waals surface area contributed by atoms with Crippen LogP contribution < -0.4 is 71.4 Å². The summed E-state index contributed by atoms with van der Waals surface area (Å²) in [4.78, 5) is 127. The van der Waals surface area contributed by atoms with Crippen LogP contribution in [0.3, 0.4) is 0 Å². The van der Waals surface area contributed by atoms with Crippen molar-refractivity contribution in [3.05, 3.63) is 178 Å². The van der Waals surface area contributed by atoms with Crippen LogP contribution in [0.15, 0.2) is 140 Å². The summed E-state index contributed by atoms with van der Waals surface area (Å²) in [5.41, 5.74) is 13.8. The number of benzene rings is 7. The lowest BCUT2D eigenvalue weighted by Gasteiger charge is -2.19. The maximum atomic E-state index is 13.6. The topological polar surface area (TPSA) is 359 Å². The third-order valence-corrected chi connectivity index (χ3v) is 14.7. The Labute approximate surface area is 621 Å². The van der Waals surface area contributed by atoms with E-state index in [2.05, 4.69) is 43.0 Å². The number of hydrogen-bond donors (Lipinski definition) is 8. The highest BCUT2D eigenvalue weighted by atomic mass is 16.6. The SMILES string of the molecule is CCC(C)Oc1cc(C(=O)Nc2ccc(C(=O)OC)cc2OCC(C)C)ccc1NC(=O)c1ccc(NNCC(=O)C(=O)OC(C)(C)C)c(OC)c1.COC(=O)c1ccc(NC(=O)c2ccc(NC(=O)c3ccc(NNCC(=O)C(=O)OC(C)(C)C)c(OC)c3)c(OCc3ccccc3)c2)c(OCC(C)C)c1. The third-order valence-electron chi connectivity index (χ3n) is 14.7. The van der Waals surface area contributed by atoms with Gasteiger partial charge in [-0.15, -0.1) is 0 Å². The number of ether oxygens (including phenoxy) is 10. The van der Waals surface area contributed by atoms with Crippen molar-refractivity contribution in [1.29, 1.82) is 0 Å². The van der Waals surface area contributed by atoms with E-state index in [9.17, 15) is 47.9 Å². The fraction of sp³-hybridized carbons (Fsp3) is 0.342. The van der Waals surface area contributed by atoms with Gasteiger partial charge in [0.05, 0.1) is 106 Å². The quantitative estimate of drug-likeness (QED) is 0.00804. The molecule has 570 valence electrons. The highest BCUT2D eigenvalue weighted by molar-refractivity contribution is 6.35. The van der Waals surface area contributed by atoms with Crippen molar-refractivity contribution in [3.8, 4) is 34.5 Å². The first-order valence-electron chi connectivity index (χ1n) is 34.2. The molecule has 0 saturated heterocycles. The summed E-state index contributed by atoms with van der Waals surface area (Å²) in [6.45, 7) is 21.9. The molecule has 1 atom stereocenters. The Morgan fingerprint density at radius 3 is 1.04 bits per heavy atom. The number of methoxy groups -OCH3 is 4. The van der Waals surface area contributed by atoms with Gasteiger partial charge in [0.25, 0.3) is 35.2 Å².